The third kappa shape index (κ3) is 4.39. The number of carbonyl (C=O) groups excluding carboxylic acids is 1. The van der Waals surface area contributed by atoms with E-state index >= 15 is 0 Å². The Kier molecular flexibility index (Phi) is 5.46. The molecule has 110 valence electrons. The van der Waals surface area contributed by atoms with Gasteiger partial charge in [-0.05, 0) is 42.3 Å². The Labute approximate surface area is 123 Å². The average Bonchev–Trinajstić information content (AvgIpc) is 2.53. The number of nitrogens with one attached hydrogen (secondary N) is 1. The topological polar surface area (TPSA) is 38.3 Å². The largest absolute Gasteiger partial charge is 0.465 e. The minimum atomic E-state index is -0.328. The number of hydrogen-bond donors (Lipinski definition) is 1. The summed E-state index contributed by atoms with van der Waals surface area (Å²) in [6, 6.07) is 13.8. The molecule has 0 amide bonds. The highest BCUT2D eigenvalue weighted by Gasteiger charge is 2.09. The number of esters is 1. The molecular formula is C17H18FNO2. The molecule has 0 aliphatic heterocycles. The number of hydrogen-bond acceptors (Lipinski definition) is 3. The fourth-order valence-electron chi connectivity index (χ4n) is 2.09. The van der Waals surface area contributed by atoms with Crippen LogP contribution in [0.1, 0.15) is 21.5 Å². The average molecular weight is 287 g/mol. The van der Waals surface area contributed by atoms with Gasteiger partial charge in [0.15, 0.2) is 0 Å². The molecule has 0 aliphatic carbocycles. The Morgan fingerprint density at radius 3 is 2.57 bits per heavy atom. The van der Waals surface area contributed by atoms with Crippen molar-refractivity contribution < 1.29 is 13.9 Å². The maximum absolute atomic E-state index is 12.8. The number of ether oxygens (including phenoxy) is 1. The summed E-state index contributed by atoms with van der Waals surface area (Å²) in [5, 5.41) is 3.28. The molecule has 0 saturated heterocycles. The van der Waals surface area contributed by atoms with Crippen LogP contribution in [0.2, 0.25) is 0 Å². The molecule has 4 heteroatoms. The molecule has 0 unspecified atom stereocenters. The highest BCUT2D eigenvalue weighted by Crippen LogP contribution is 2.10. The van der Waals surface area contributed by atoms with Crippen molar-refractivity contribution in [3.8, 4) is 0 Å². The van der Waals surface area contributed by atoms with E-state index in [-0.39, 0.29) is 11.8 Å². The van der Waals surface area contributed by atoms with Crippen molar-refractivity contribution in [3.63, 3.8) is 0 Å². The Balaban J connectivity index is 1.86. The van der Waals surface area contributed by atoms with Crippen LogP contribution in [0, 0.1) is 5.82 Å². The second-order valence-corrected chi connectivity index (χ2v) is 4.70. The van der Waals surface area contributed by atoms with Gasteiger partial charge in [0, 0.05) is 6.54 Å². The normalized spacial score (nSPS) is 10.4. The van der Waals surface area contributed by atoms with Gasteiger partial charge in [0.1, 0.15) is 5.82 Å². The fourth-order valence-corrected chi connectivity index (χ4v) is 2.09. The lowest BCUT2D eigenvalue weighted by atomic mass is 10.1. The maximum Gasteiger partial charge on any atom is 0.338 e. The predicted molar refractivity (Wildman–Crippen MR) is 79.6 cm³/mol. The van der Waals surface area contributed by atoms with Crippen molar-refractivity contribution in [1.82, 2.24) is 5.32 Å². The molecule has 0 fully saturated rings. The number of benzene rings is 2. The van der Waals surface area contributed by atoms with Crippen LogP contribution in [0.15, 0.2) is 48.5 Å². The van der Waals surface area contributed by atoms with E-state index in [1.807, 2.05) is 18.2 Å². The predicted octanol–water partition coefficient (Wildman–Crippen LogP) is 2.94. The van der Waals surface area contributed by atoms with Crippen LogP contribution in [-0.4, -0.2) is 19.6 Å². The summed E-state index contributed by atoms with van der Waals surface area (Å²) >= 11 is 0. The summed E-state index contributed by atoms with van der Waals surface area (Å²) in [4.78, 5) is 11.6. The lowest BCUT2D eigenvalue weighted by molar-refractivity contribution is 0.0599. The highest BCUT2D eigenvalue weighted by molar-refractivity contribution is 5.90. The molecule has 2 aromatic carbocycles. The van der Waals surface area contributed by atoms with Gasteiger partial charge in [-0.2, -0.15) is 0 Å². The van der Waals surface area contributed by atoms with Gasteiger partial charge < -0.3 is 10.1 Å². The summed E-state index contributed by atoms with van der Waals surface area (Å²) in [6.07, 6.45) is 0.806. The molecule has 2 rings (SSSR count). The molecule has 21 heavy (non-hydrogen) atoms. The van der Waals surface area contributed by atoms with Crippen LogP contribution in [0.5, 0.6) is 0 Å². The van der Waals surface area contributed by atoms with E-state index in [4.69, 9.17) is 4.74 Å². The first-order valence-corrected chi connectivity index (χ1v) is 6.82. The Morgan fingerprint density at radius 1 is 1.14 bits per heavy atom. The molecule has 0 bridgehead atoms. The number of carbonyl (C=O) groups is 1. The van der Waals surface area contributed by atoms with Gasteiger partial charge in [-0.25, -0.2) is 9.18 Å². The zero-order chi connectivity index (χ0) is 15.1. The second kappa shape index (κ2) is 7.55. The first-order chi connectivity index (χ1) is 10.2. The second-order valence-electron chi connectivity index (χ2n) is 4.70. The third-order valence-electron chi connectivity index (χ3n) is 3.24. The smallest absolute Gasteiger partial charge is 0.338 e. The zero-order valence-corrected chi connectivity index (χ0v) is 11.9. The molecule has 0 radical (unpaired) electrons. The first kappa shape index (κ1) is 15.2. The molecule has 0 heterocycles. The summed E-state index contributed by atoms with van der Waals surface area (Å²) < 4.78 is 17.6. The Bertz CT molecular complexity index is 596. The van der Waals surface area contributed by atoms with E-state index in [2.05, 4.69) is 5.32 Å². The zero-order valence-electron chi connectivity index (χ0n) is 11.9. The fraction of sp³-hybridized carbons (Fsp3) is 0.235. The quantitative estimate of drug-likeness (QED) is 0.656. The van der Waals surface area contributed by atoms with Crippen molar-refractivity contribution in [2.45, 2.75) is 13.0 Å². The Morgan fingerprint density at radius 2 is 1.86 bits per heavy atom. The van der Waals surface area contributed by atoms with Gasteiger partial charge in [-0.1, -0.05) is 30.3 Å². The molecule has 3 nitrogen and oxygen atoms in total. The molecular weight excluding hydrogens is 269 g/mol. The van der Waals surface area contributed by atoms with Crippen molar-refractivity contribution >= 4 is 5.97 Å². The molecule has 0 aliphatic rings. The summed E-state index contributed by atoms with van der Waals surface area (Å²) in [7, 11) is 1.38. The van der Waals surface area contributed by atoms with Crippen LogP contribution < -0.4 is 5.32 Å². The summed E-state index contributed by atoms with van der Waals surface area (Å²) in [6.45, 7) is 1.34. The van der Waals surface area contributed by atoms with Crippen LogP contribution in [-0.2, 0) is 17.7 Å². The lowest BCUT2D eigenvalue weighted by Gasteiger charge is -2.09. The first-order valence-electron chi connectivity index (χ1n) is 6.82. The monoisotopic (exact) mass is 287 g/mol. The highest BCUT2D eigenvalue weighted by atomic mass is 19.1. The van der Waals surface area contributed by atoms with Crippen molar-refractivity contribution in [3.05, 3.63) is 71.0 Å². The summed E-state index contributed by atoms with van der Waals surface area (Å²) in [5.74, 6) is -0.551. The Hall–Kier alpha value is -2.20. The SMILES string of the molecule is COC(=O)c1ccccc1CNCCc1ccc(F)cc1. The van der Waals surface area contributed by atoms with Gasteiger partial charge in [0.2, 0.25) is 0 Å². The van der Waals surface area contributed by atoms with Gasteiger partial charge in [-0.3, -0.25) is 0 Å². The number of methoxy groups -OCH3 is 1. The van der Waals surface area contributed by atoms with Gasteiger partial charge in [-0.15, -0.1) is 0 Å². The van der Waals surface area contributed by atoms with Crippen molar-refractivity contribution in [2.24, 2.45) is 0 Å². The van der Waals surface area contributed by atoms with E-state index in [1.165, 1.54) is 19.2 Å². The van der Waals surface area contributed by atoms with E-state index in [0.29, 0.717) is 12.1 Å². The van der Waals surface area contributed by atoms with Crippen molar-refractivity contribution in [1.29, 1.82) is 0 Å². The van der Waals surface area contributed by atoms with Gasteiger partial charge in [0.25, 0.3) is 0 Å². The molecule has 0 atom stereocenters. The minimum absolute atomic E-state index is 0.223. The molecule has 2 aromatic rings. The van der Waals surface area contributed by atoms with Crippen LogP contribution in [0.3, 0.4) is 0 Å². The van der Waals surface area contributed by atoms with Crippen molar-refractivity contribution in [2.75, 3.05) is 13.7 Å². The lowest BCUT2D eigenvalue weighted by Crippen LogP contribution is -2.19. The molecule has 0 aromatic heterocycles. The van der Waals surface area contributed by atoms with E-state index in [9.17, 15) is 9.18 Å². The summed E-state index contributed by atoms with van der Waals surface area (Å²) in [5.41, 5.74) is 2.56. The molecule has 0 spiro atoms. The standard InChI is InChI=1S/C17H18FNO2/c1-21-17(20)16-5-3-2-4-14(16)12-19-11-10-13-6-8-15(18)9-7-13/h2-9,19H,10-12H2,1H3. The minimum Gasteiger partial charge on any atom is -0.465 e. The third-order valence-corrected chi connectivity index (χ3v) is 3.24. The number of rotatable bonds is 6. The van der Waals surface area contributed by atoms with Crippen LogP contribution in [0.4, 0.5) is 4.39 Å². The maximum atomic E-state index is 12.8. The van der Waals surface area contributed by atoms with E-state index < -0.39 is 0 Å². The molecule has 1 N–H and O–H groups in total. The van der Waals surface area contributed by atoms with E-state index in [1.54, 1.807) is 18.2 Å². The van der Waals surface area contributed by atoms with E-state index in [0.717, 1.165) is 24.1 Å². The van der Waals surface area contributed by atoms with Crippen LogP contribution >= 0.6 is 0 Å². The number of halogens is 1. The molecule has 0 saturated carbocycles. The van der Waals surface area contributed by atoms with Gasteiger partial charge >= 0.3 is 5.97 Å². The van der Waals surface area contributed by atoms with Crippen LogP contribution in [0.25, 0.3) is 0 Å². The van der Waals surface area contributed by atoms with Gasteiger partial charge in [0.05, 0.1) is 12.7 Å².